The maximum Gasteiger partial charge on any atom is 0.472 e. The van der Waals surface area contributed by atoms with E-state index in [9.17, 15) is 19.9 Å². The summed E-state index contributed by atoms with van der Waals surface area (Å²) in [6.45, 7) is -0.702. The molecule has 0 amide bonds. The fourth-order valence-electron chi connectivity index (χ4n) is 1.29. The molecule has 0 aromatic heterocycles. The summed E-state index contributed by atoms with van der Waals surface area (Å²) >= 11 is 0. The van der Waals surface area contributed by atoms with E-state index in [1.807, 2.05) is 0 Å². The molecule has 16 heavy (non-hydrogen) atoms. The molecule has 0 bridgehead atoms. The Morgan fingerprint density at radius 2 is 1.69 bits per heavy atom. The van der Waals surface area contributed by atoms with Gasteiger partial charge in [-0.05, 0) is 0 Å². The summed E-state index contributed by atoms with van der Waals surface area (Å²) in [5.41, 5.74) is 0. The fraction of sp³-hybridized carbons (Fsp3) is 1.00. The first kappa shape index (κ1) is 14.0. The Balaban J connectivity index is 2.75. The molecule has 1 saturated heterocycles. The second kappa shape index (κ2) is 5.05. The van der Waals surface area contributed by atoms with E-state index in [4.69, 9.17) is 14.9 Å². The van der Waals surface area contributed by atoms with Crippen molar-refractivity contribution in [3.63, 3.8) is 0 Å². The molecule has 1 fully saturated rings. The standard InChI is InChI=1S/C6H13O9P/c7-1-2-3(8)4(9)5(10)6(14-2)15-16(11,12)13/h2-10H,1H2,(H2,11,12,13)/t2-,3+,4-,5+,6-/m1/s1. The van der Waals surface area contributed by atoms with Crippen LogP contribution in [0.1, 0.15) is 0 Å². The van der Waals surface area contributed by atoms with Gasteiger partial charge >= 0.3 is 7.82 Å². The van der Waals surface area contributed by atoms with Crippen LogP contribution in [0.3, 0.4) is 0 Å². The molecule has 1 aliphatic heterocycles. The minimum atomic E-state index is -4.91. The quantitative estimate of drug-likeness (QED) is 0.289. The Bertz CT molecular complexity index is 275. The summed E-state index contributed by atoms with van der Waals surface area (Å²) in [4.78, 5) is 17.0. The number of phosphoric acid groups is 1. The van der Waals surface area contributed by atoms with E-state index in [1.165, 1.54) is 0 Å². The second-order valence-corrected chi connectivity index (χ2v) is 4.49. The Morgan fingerprint density at radius 3 is 2.12 bits per heavy atom. The zero-order valence-corrected chi connectivity index (χ0v) is 8.84. The molecule has 0 radical (unpaired) electrons. The van der Waals surface area contributed by atoms with Crippen molar-refractivity contribution in [3.05, 3.63) is 0 Å². The monoisotopic (exact) mass is 260 g/mol. The Hall–Kier alpha value is -0.0900. The topological polar surface area (TPSA) is 157 Å². The van der Waals surface area contributed by atoms with E-state index < -0.39 is 45.1 Å². The van der Waals surface area contributed by atoms with Crippen LogP contribution >= 0.6 is 7.82 Å². The van der Waals surface area contributed by atoms with Gasteiger partial charge in [-0.15, -0.1) is 0 Å². The predicted molar refractivity (Wildman–Crippen MR) is 46.9 cm³/mol. The minimum absolute atomic E-state index is 0.702. The van der Waals surface area contributed by atoms with E-state index in [1.54, 1.807) is 0 Å². The molecule has 9 nitrogen and oxygen atoms in total. The van der Waals surface area contributed by atoms with E-state index in [0.717, 1.165) is 0 Å². The van der Waals surface area contributed by atoms with Crippen LogP contribution in [0.15, 0.2) is 0 Å². The summed E-state index contributed by atoms with van der Waals surface area (Å²) < 4.78 is 19.2. The lowest BCUT2D eigenvalue weighted by atomic mass is 10.00. The Morgan fingerprint density at radius 1 is 1.12 bits per heavy atom. The molecule has 5 atom stereocenters. The first-order valence-electron chi connectivity index (χ1n) is 4.30. The molecular weight excluding hydrogens is 247 g/mol. The second-order valence-electron chi connectivity index (χ2n) is 3.29. The lowest BCUT2D eigenvalue weighted by molar-refractivity contribution is -0.280. The van der Waals surface area contributed by atoms with Gasteiger partial charge in [0.05, 0.1) is 6.61 Å². The van der Waals surface area contributed by atoms with E-state index in [-0.39, 0.29) is 0 Å². The lowest BCUT2D eigenvalue weighted by Crippen LogP contribution is -2.58. The predicted octanol–water partition coefficient (Wildman–Crippen LogP) is -3.10. The van der Waals surface area contributed by atoms with Crippen LogP contribution in [-0.4, -0.2) is 67.5 Å². The molecule has 10 heteroatoms. The van der Waals surface area contributed by atoms with Gasteiger partial charge < -0.3 is 34.9 Å². The third-order valence-corrected chi connectivity index (χ3v) is 2.57. The number of ether oxygens (including phenoxy) is 1. The smallest absolute Gasteiger partial charge is 0.394 e. The highest BCUT2D eigenvalue weighted by Gasteiger charge is 2.46. The van der Waals surface area contributed by atoms with Crippen LogP contribution < -0.4 is 0 Å². The van der Waals surface area contributed by atoms with Crippen molar-refractivity contribution in [1.82, 2.24) is 0 Å². The normalized spacial score (nSPS) is 41.0. The molecule has 96 valence electrons. The van der Waals surface area contributed by atoms with Gasteiger partial charge in [0, 0.05) is 0 Å². The zero-order valence-electron chi connectivity index (χ0n) is 7.95. The summed E-state index contributed by atoms with van der Waals surface area (Å²) in [6, 6.07) is 0. The van der Waals surface area contributed by atoms with Crippen molar-refractivity contribution in [2.45, 2.75) is 30.7 Å². The maximum atomic E-state index is 10.5. The molecule has 6 N–H and O–H groups in total. The van der Waals surface area contributed by atoms with Crippen LogP contribution in [0, 0.1) is 0 Å². The average molecular weight is 260 g/mol. The number of aliphatic hydroxyl groups excluding tert-OH is 4. The van der Waals surface area contributed by atoms with Crippen molar-refractivity contribution in [3.8, 4) is 0 Å². The Labute approximate surface area is 90.1 Å². The van der Waals surface area contributed by atoms with Crippen LogP contribution in [0.2, 0.25) is 0 Å². The van der Waals surface area contributed by atoms with Gasteiger partial charge in [-0.2, -0.15) is 0 Å². The third kappa shape index (κ3) is 3.20. The van der Waals surface area contributed by atoms with Crippen LogP contribution in [0.5, 0.6) is 0 Å². The molecule has 1 heterocycles. The number of phosphoric ester groups is 1. The molecule has 1 aliphatic rings. The van der Waals surface area contributed by atoms with Crippen LogP contribution in [-0.2, 0) is 13.8 Å². The van der Waals surface area contributed by atoms with E-state index >= 15 is 0 Å². The SMILES string of the molecule is O=P(O)(O)O[C@H]1O[C@H](CO)[C@H](O)[C@@H](O)[C@@H]1O. The summed E-state index contributed by atoms with van der Waals surface area (Å²) in [6.07, 6.45) is -8.25. The van der Waals surface area contributed by atoms with Crippen LogP contribution in [0.4, 0.5) is 0 Å². The van der Waals surface area contributed by atoms with Gasteiger partial charge in [0.15, 0.2) is 6.29 Å². The van der Waals surface area contributed by atoms with Gasteiger partial charge in [-0.1, -0.05) is 0 Å². The van der Waals surface area contributed by atoms with Crippen LogP contribution in [0.25, 0.3) is 0 Å². The first-order valence-corrected chi connectivity index (χ1v) is 5.83. The highest BCUT2D eigenvalue weighted by molar-refractivity contribution is 7.46. The molecular formula is C6H13O9P. The molecule has 0 aliphatic carbocycles. The number of hydrogen-bond acceptors (Lipinski definition) is 7. The third-order valence-electron chi connectivity index (χ3n) is 2.09. The van der Waals surface area contributed by atoms with Gasteiger partial charge in [0.1, 0.15) is 24.4 Å². The van der Waals surface area contributed by atoms with Gasteiger partial charge in [0.2, 0.25) is 0 Å². The van der Waals surface area contributed by atoms with E-state index in [2.05, 4.69) is 9.26 Å². The molecule has 0 spiro atoms. The Kier molecular flexibility index (Phi) is 4.41. The number of hydrogen-bond donors (Lipinski definition) is 6. The van der Waals surface area contributed by atoms with Crippen molar-refractivity contribution in [2.24, 2.45) is 0 Å². The van der Waals surface area contributed by atoms with Crippen molar-refractivity contribution < 1.29 is 44.0 Å². The fourth-order valence-corrected chi connectivity index (χ4v) is 1.73. The summed E-state index contributed by atoms with van der Waals surface area (Å²) in [5, 5.41) is 36.6. The van der Waals surface area contributed by atoms with Gasteiger partial charge in [-0.25, -0.2) is 4.57 Å². The number of aliphatic hydroxyl groups is 4. The van der Waals surface area contributed by atoms with Gasteiger partial charge in [-0.3, -0.25) is 4.52 Å². The van der Waals surface area contributed by atoms with Crippen molar-refractivity contribution in [1.29, 1.82) is 0 Å². The first-order chi connectivity index (χ1) is 7.26. The zero-order chi connectivity index (χ0) is 12.5. The lowest BCUT2D eigenvalue weighted by Gasteiger charge is -2.39. The summed E-state index contributed by atoms with van der Waals surface area (Å²) in [5.74, 6) is 0. The minimum Gasteiger partial charge on any atom is -0.394 e. The molecule has 0 aromatic rings. The average Bonchev–Trinajstić information content (AvgIpc) is 2.17. The number of rotatable bonds is 3. The summed E-state index contributed by atoms with van der Waals surface area (Å²) in [7, 11) is -4.91. The molecule has 1 rings (SSSR count). The molecule has 0 unspecified atom stereocenters. The maximum absolute atomic E-state index is 10.5. The van der Waals surface area contributed by atoms with Crippen molar-refractivity contribution >= 4 is 7.82 Å². The van der Waals surface area contributed by atoms with Crippen molar-refractivity contribution in [2.75, 3.05) is 6.61 Å². The van der Waals surface area contributed by atoms with Gasteiger partial charge in [0.25, 0.3) is 0 Å². The molecule has 0 saturated carbocycles. The highest BCUT2D eigenvalue weighted by atomic mass is 31.2. The largest absolute Gasteiger partial charge is 0.472 e. The highest BCUT2D eigenvalue weighted by Crippen LogP contribution is 2.40. The van der Waals surface area contributed by atoms with E-state index in [0.29, 0.717) is 0 Å². The molecule has 0 aromatic carbocycles.